The number of nitrogens with one attached hydrogen (secondary N) is 1. The van der Waals surface area contributed by atoms with Crippen molar-refractivity contribution in [1.29, 1.82) is 0 Å². The van der Waals surface area contributed by atoms with Gasteiger partial charge in [-0.1, -0.05) is 82.6 Å². The van der Waals surface area contributed by atoms with Crippen LogP contribution in [0.2, 0.25) is 0 Å². The number of rotatable bonds is 17. The summed E-state index contributed by atoms with van der Waals surface area (Å²) in [5, 5.41) is 2.89. The fourth-order valence-corrected chi connectivity index (χ4v) is 3.87. The monoisotopic (exact) mass is 445 g/mol. The van der Waals surface area contributed by atoms with Gasteiger partial charge in [-0.05, 0) is 31.7 Å². The third kappa shape index (κ3) is 12.6. The van der Waals surface area contributed by atoms with Gasteiger partial charge in [-0.25, -0.2) is 0 Å². The second-order valence-electron chi connectivity index (χ2n) is 9.22. The summed E-state index contributed by atoms with van der Waals surface area (Å²) < 4.78 is 5.13. The fourth-order valence-electron chi connectivity index (χ4n) is 3.87. The first-order valence-corrected chi connectivity index (χ1v) is 12.3. The molecular weight excluding hydrogens is 402 g/mol. The van der Waals surface area contributed by atoms with Crippen molar-refractivity contribution in [2.75, 3.05) is 6.61 Å². The van der Waals surface area contributed by atoms with Crippen LogP contribution in [0.1, 0.15) is 114 Å². The van der Waals surface area contributed by atoms with Gasteiger partial charge in [0.15, 0.2) is 5.78 Å². The van der Waals surface area contributed by atoms with Crippen molar-refractivity contribution in [1.82, 2.24) is 5.32 Å². The number of amides is 1. The lowest BCUT2D eigenvalue weighted by Gasteiger charge is -2.29. The number of ether oxygens (including phenoxy) is 1. The average Bonchev–Trinajstić information content (AvgIpc) is 2.75. The Kier molecular flexibility index (Phi) is 13.6. The molecule has 0 radical (unpaired) electrons. The second-order valence-corrected chi connectivity index (χ2v) is 9.22. The van der Waals surface area contributed by atoms with E-state index < -0.39 is 5.54 Å². The summed E-state index contributed by atoms with van der Waals surface area (Å²) in [5.74, 6) is -0.314. The Bertz CT molecular complexity index is 698. The van der Waals surface area contributed by atoms with Crippen molar-refractivity contribution < 1.29 is 19.1 Å². The standard InChI is InChI=1S/C27H43NO4/c1-5-6-7-8-9-10-11-12-13-14-26(31)25-17-15-24(16-18-25)19-20-27(4,28-22(2)29)21-32-23(3)30/h15-18H,5-14,19-21H2,1-4H3,(H,28,29). The van der Waals surface area contributed by atoms with Crippen LogP contribution in [0.15, 0.2) is 24.3 Å². The number of carbonyl (C=O) groups excluding carboxylic acids is 3. The van der Waals surface area contributed by atoms with Gasteiger partial charge < -0.3 is 10.1 Å². The number of aryl methyl sites for hydroxylation is 1. The number of esters is 1. The quantitative estimate of drug-likeness (QED) is 0.176. The molecule has 1 aromatic carbocycles. The number of hydrogen-bond acceptors (Lipinski definition) is 4. The normalized spacial score (nSPS) is 12.8. The van der Waals surface area contributed by atoms with Crippen LogP contribution in [0, 0.1) is 0 Å². The number of benzene rings is 1. The zero-order valence-corrected chi connectivity index (χ0v) is 20.6. The van der Waals surface area contributed by atoms with E-state index in [1.807, 2.05) is 31.2 Å². The van der Waals surface area contributed by atoms with Crippen molar-refractivity contribution in [3.8, 4) is 0 Å². The molecular formula is C27H43NO4. The molecule has 0 saturated carbocycles. The Morgan fingerprint density at radius 2 is 1.44 bits per heavy atom. The van der Waals surface area contributed by atoms with Crippen molar-refractivity contribution >= 4 is 17.7 Å². The van der Waals surface area contributed by atoms with Crippen LogP contribution in [0.5, 0.6) is 0 Å². The van der Waals surface area contributed by atoms with Gasteiger partial charge in [0, 0.05) is 25.8 Å². The molecule has 0 aliphatic heterocycles. The summed E-state index contributed by atoms with van der Waals surface area (Å²) in [6.07, 6.45) is 13.2. The molecule has 32 heavy (non-hydrogen) atoms. The molecule has 0 saturated heterocycles. The lowest BCUT2D eigenvalue weighted by atomic mass is 9.93. The molecule has 1 atom stereocenters. The Hall–Kier alpha value is -2.17. The summed E-state index contributed by atoms with van der Waals surface area (Å²) in [6.45, 7) is 7.07. The topological polar surface area (TPSA) is 72.5 Å². The zero-order chi connectivity index (χ0) is 23.8. The molecule has 0 fully saturated rings. The Labute approximate surface area is 194 Å². The summed E-state index contributed by atoms with van der Waals surface area (Å²) in [4.78, 5) is 35.2. The maximum Gasteiger partial charge on any atom is 0.302 e. The highest BCUT2D eigenvalue weighted by Crippen LogP contribution is 2.17. The molecule has 1 amide bonds. The minimum absolute atomic E-state index is 0.136. The molecule has 0 bridgehead atoms. The molecule has 180 valence electrons. The Balaban J connectivity index is 2.38. The van der Waals surface area contributed by atoms with Gasteiger partial charge >= 0.3 is 5.97 Å². The van der Waals surface area contributed by atoms with E-state index in [1.165, 1.54) is 58.8 Å². The van der Waals surface area contributed by atoms with Gasteiger partial charge in [0.2, 0.25) is 5.91 Å². The van der Waals surface area contributed by atoms with E-state index in [9.17, 15) is 14.4 Å². The summed E-state index contributed by atoms with van der Waals surface area (Å²) in [5.41, 5.74) is 1.23. The van der Waals surface area contributed by atoms with Gasteiger partial charge in [-0.3, -0.25) is 14.4 Å². The van der Waals surface area contributed by atoms with Crippen molar-refractivity contribution in [2.24, 2.45) is 0 Å². The summed E-state index contributed by atoms with van der Waals surface area (Å²) in [7, 11) is 0. The number of hydrogen-bond donors (Lipinski definition) is 1. The minimum atomic E-state index is -0.623. The predicted octanol–water partition coefficient (Wildman–Crippen LogP) is 6.18. The van der Waals surface area contributed by atoms with Gasteiger partial charge in [0.05, 0.1) is 5.54 Å². The third-order valence-electron chi connectivity index (χ3n) is 5.82. The minimum Gasteiger partial charge on any atom is -0.463 e. The number of ketones is 1. The first-order chi connectivity index (χ1) is 15.3. The highest BCUT2D eigenvalue weighted by atomic mass is 16.5. The second kappa shape index (κ2) is 15.6. The molecule has 0 spiro atoms. The van der Waals surface area contributed by atoms with E-state index >= 15 is 0 Å². The molecule has 5 nitrogen and oxygen atoms in total. The first-order valence-electron chi connectivity index (χ1n) is 12.3. The van der Waals surface area contributed by atoms with Crippen LogP contribution >= 0.6 is 0 Å². The highest BCUT2D eigenvalue weighted by molar-refractivity contribution is 5.96. The zero-order valence-electron chi connectivity index (χ0n) is 20.6. The average molecular weight is 446 g/mol. The van der Waals surface area contributed by atoms with Crippen LogP contribution in [0.4, 0.5) is 0 Å². The molecule has 0 heterocycles. The van der Waals surface area contributed by atoms with Crippen molar-refractivity contribution in [3.05, 3.63) is 35.4 Å². The van der Waals surface area contributed by atoms with Crippen LogP contribution in [0.25, 0.3) is 0 Å². The van der Waals surface area contributed by atoms with E-state index in [4.69, 9.17) is 4.74 Å². The van der Waals surface area contributed by atoms with Crippen LogP contribution in [-0.4, -0.2) is 29.8 Å². The summed E-state index contributed by atoms with van der Waals surface area (Å²) >= 11 is 0. The van der Waals surface area contributed by atoms with Gasteiger partial charge in [-0.2, -0.15) is 0 Å². The van der Waals surface area contributed by atoms with Crippen molar-refractivity contribution in [2.45, 2.75) is 110 Å². The van der Waals surface area contributed by atoms with E-state index in [-0.39, 0.29) is 24.3 Å². The van der Waals surface area contributed by atoms with Gasteiger partial charge in [-0.15, -0.1) is 0 Å². The fraction of sp³-hybridized carbons (Fsp3) is 0.667. The number of unbranched alkanes of at least 4 members (excludes halogenated alkanes) is 8. The van der Waals surface area contributed by atoms with Gasteiger partial charge in [0.25, 0.3) is 0 Å². The van der Waals surface area contributed by atoms with E-state index in [2.05, 4.69) is 12.2 Å². The largest absolute Gasteiger partial charge is 0.463 e. The molecule has 1 rings (SSSR count). The first kappa shape index (κ1) is 27.9. The molecule has 0 aliphatic rings. The molecule has 1 unspecified atom stereocenters. The maximum absolute atomic E-state index is 12.5. The Morgan fingerprint density at radius 1 is 0.875 bits per heavy atom. The highest BCUT2D eigenvalue weighted by Gasteiger charge is 2.26. The van der Waals surface area contributed by atoms with E-state index in [1.54, 1.807) is 0 Å². The molecule has 1 N–H and O–H groups in total. The molecule has 1 aromatic rings. The molecule has 5 heteroatoms. The van der Waals surface area contributed by atoms with Gasteiger partial charge in [0.1, 0.15) is 6.61 Å². The molecule has 0 aliphatic carbocycles. The SMILES string of the molecule is CCCCCCCCCCCC(=O)c1ccc(CCC(C)(COC(C)=O)NC(C)=O)cc1. The molecule has 0 aromatic heterocycles. The smallest absolute Gasteiger partial charge is 0.302 e. The maximum atomic E-state index is 12.5. The van der Waals surface area contributed by atoms with Crippen molar-refractivity contribution in [3.63, 3.8) is 0 Å². The Morgan fingerprint density at radius 3 is 1.97 bits per heavy atom. The number of carbonyl (C=O) groups is 3. The van der Waals surface area contributed by atoms with Crippen LogP contribution < -0.4 is 5.32 Å². The lowest BCUT2D eigenvalue weighted by molar-refractivity contribution is -0.144. The lowest BCUT2D eigenvalue weighted by Crippen LogP contribution is -2.49. The predicted molar refractivity (Wildman–Crippen MR) is 130 cm³/mol. The number of Topliss-reactive ketones (excluding diaryl/α,β-unsaturated/α-hetero) is 1. The van der Waals surface area contributed by atoms with E-state index in [0.29, 0.717) is 19.3 Å². The van der Waals surface area contributed by atoms with Crippen LogP contribution in [0.3, 0.4) is 0 Å². The third-order valence-corrected chi connectivity index (χ3v) is 5.82. The van der Waals surface area contributed by atoms with Crippen LogP contribution in [-0.2, 0) is 20.7 Å². The van der Waals surface area contributed by atoms with E-state index in [0.717, 1.165) is 24.0 Å². The summed E-state index contributed by atoms with van der Waals surface area (Å²) in [6, 6.07) is 7.74.